The Morgan fingerprint density at radius 1 is 0.378 bits per heavy atom. The molecule has 3 nitrogen and oxygen atoms in total. The van der Waals surface area contributed by atoms with E-state index in [0.29, 0.717) is 0 Å². The standard InChI is InChI=1S/C42H24N2O/c1-4-18-35-27(10-1)31-14-7-13-26(25-22-23-30-29-12-3-6-21-38(29)45-39(30)24-25)40(31)43(35)37-20-9-17-34-33-16-8-15-32-28-11-2-5-19-36(28)44(41(32)33)42(34)37/h1-24H. The van der Waals surface area contributed by atoms with E-state index in [1.54, 1.807) is 0 Å². The Hall–Kier alpha value is -6.06. The van der Waals surface area contributed by atoms with Gasteiger partial charge in [0.05, 0.1) is 33.3 Å². The topological polar surface area (TPSA) is 22.5 Å². The molecule has 0 amide bonds. The molecule has 3 heteroatoms. The predicted molar refractivity (Wildman–Crippen MR) is 188 cm³/mol. The van der Waals surface area contributed by atoms with Crippen LogP contribution in [0.4, 0.5) is 0 Å². The van der Waals surface area contributed by atoms with Gasteiger partial charge in [-0.1, -0.05) is 109 Å². The number of aromatic nitrogens is 2. The fourth-order valence-corrected chi connectivity index (χ4v) is 8.03. The van der Waals surface area contributed by atoms with Crippen molar-refractivity contribution < 1.29 is 4.42 Å². The second-order valence-corrected chi connectivity index (χ2v) is 12.1. The third-order valence-corrected chi connectivity index (χ3v) is 9.85. The molecule has 4 heterocycles. The van der Waals surface area contributed by atoms with Crippen molar-refractivity contribution in [3.63, 3.8) is 0 Å². The molecule has 0 fully saturated rings. The summed E-state index contributed by atoms with van der Waals surface area (Å²) in [5.41, 5.74) is 11.5. The van der Waals surface area contributed by atoms with E-state index in [2.05, 4.69) is 142 Å². The summed E-state index contributed by atoms with van der Waals surface area (Å²) in [7, 11) is 0. The first kappa shape index (κ1) is 23.4. The van der Waals surface area contributed by atoms with Gasteiger partial charge in [0.1, 0.15) is 11.2 Å². The Bertz CT molecular complexity index is 2990. The molecule has 45 heavy (non-hydrogen) atoms. The van der Waals surface area contributed by atoms with Crippen LogP contribution in [0.25, 0.3) is 98.7 Å². The van der Waals surface area contributed by atoms with Gasteiger partial charge in [0.2, 0.25) is 0 Å². The second-order valence-electron chi connectivity index (χ2n) is 12.1. The van der Waals surface area contributed by atoms with Crippen LogP contribution in [0.5, 0.6) is 0 Å². The van der Waals surface area contributed by atoms with Crippen molar-refractivity contribution in [1.82, 2.24) is 8.97 Å². The Kier molecular flexibility index (Phi) is 4.32. The summed E-state index contributed by atoms with van der Waals surface area (Å²) in [6, 6.07) is 52.8. The molecule has 208 valence electrons. The zero-order valence-corrected chi connectivity index (χ0v) is 24.2. The van der Waals surface area contributed by atoms with Gasteiger partial charge >= 0.3 is 0 Å². The van der Waals surface area contributed by atoms with Gasteiger partial charge < -0.3 is 13.4 Å². The molecule has 7 aromatic carbocycles. The molecule has 0 aliphatic heterocycles. The maximum absolute atomic E-state index is 6.35. The molecule has 0 spiro atoms. The zero-order valence-electron chi connectivity index (χ0n) is 24.2. The van der Waals surface area contributed by atoms with Crippen molar-refractivity contribution >= 4 is 81.8 Å². The van der Waals surface area contributed by atoms with E-state index in [-0.39, 0.29) is 0 Å². The largest absolute Gasteiger partial charge is 0.456 e. The van der Waals surface area contributed by atoms with Crippen LogP contribution in [0.3, 0.4) is 0 Å². The van der Waals surface area contributed by atoms with E-state index in [0.717, 1.165) is 27.5 Å². The molecule has 0 unspecified atom stereocenters. The molecule has 4 aromatic heterocycles. The lowest BCUT2D eigenvalue weighted by molar-refractivity contribution is 0.669. The highest BCUT2D eigenvalue weighted by atomic mass is 16.3. The first-order valence-electron chi connectivity index (χ1n) is 15.5. The van der Waals surface area contributed by atoms with E-state index in [1.807, 2.05) is 12.1 Å². The molecular weight excluding hydrogens is 548 g/mol. The van der Waals surface area contributed by atoms with Crippen molar-refractivity contribution in [2.75, 3.05) is 0 Å². The average molecular weight is 573 g/mol. The molecule has 11 rings (SSSR count). The molecule has 0 aliphatic rings. The minimum atomic E-state index is 0.908. The van der Waals surface area contributed by atoms with Gasteiger partial charge in [-0.15, -0.1) is 0 Å². The fourth-order valence-electron chi connectivity index (χ4n) is 8.03. The summed E-state index contributed by atoms with van der Waals surface area (Å²) in [6.07, 6.45) is 0. The third-order valence-electron chi connectivity index (χ3n) is 9.85. The number of benzene rings is 7. The third kappa shape index (κ3) is 2.90. The number of rotatable bonds is 2. The molecule has 0 atom stereocenters. The van der Waals surface area contributed by atoms with Gasteiger partial charge in [-0.25, -0.2) is 0 Å². The molecule has 0 saturated carbocycles. The molecular formula is C42H24N2O. The predicted octanol–water partition coefficient (Wildman–Crippen LogP) is 11.5. The molecule has 0 radical (unpaired) electrons. The minimum Gasteiger partial charge on any atom is -0.456 e. The maximum Gasteiger partial charge on any atom is 0.136 e. The van der Waals surface area contributed by atoms with Gasteiger partial charge in [0.15, 0.2) is 0 Å². The molecule has 0 saturated heterocycles. The highest BCUT2D eigenvalue weighted by Crippen LogP contribution is 2.44. The Labute approximate surface area is 257 Å². The number of hydrogen-bond acceptors (Lipinski definition) is 1. The number of nitrogens with zero attached hydrogens (tertiary/aromatic N) is 2. The SMILES string of the molecule is c1ccc2c(c1)oc1cc(-c3cccc4c5ccccc5n(-c5cccc6c7cccc8c9ccccc9n(c56)c87)c34)ccc12. The summed E-state index contributed by atoms with van der Waals surface area (Å²) in [6.45, 7) is 0. The van der Waals surface area contributed by atoms with Crippen LogP contribution >= 0.6 is 0 Å². The van der Waals surface area contributed by atoms with Gasteiger partial charge in [-0.2, -0.15) is 0 Å². The zero-order chi connectivity index (χ0) is 29.2. The van der Waals surface area contributed by atoms with E-state index < -0.39 is 0 Å². The number of fused-ring (bicyclic) bond motifs is 12. The van der Waals surface area contributed by atoms with Crippen LogP contribution in [0.1, 0.15) is 0 Å². The van der Waals surface area contributed by atoms with Crippen molar-refractivity contribution in [2.24, 2.45) is 0 Å². The average Bonchev–Trinajstić information content (AvgIpc) is 3.83. The van der Waals surface area contributed by atoms with Crippen LogP contribution in [0.2, 0.25) is 0 Å². The van der Waals surface area contributed by atoms with Crippen LogP contribution in [0, 0.1) is 0 Å². The van der Waals surface area contributed by atoms with Crippen LogP contribution in [-0.2, 0) is 0 Å². The summed E-state index contributed by atoms with van der Waals surface area (Å²) in [5, 5.41) is 9.92. The summed E-state index contributed by atoms with van der Waals surface area (Å²) >= 11 is 0. The lowest BCUT2D eigenvalue weighted by Gasteiger charge is -2.14. The van der Waals surface area contributed by atoms with Crippen molar-refractivity contribution in [1.29, 1.82) is 0 Å². The lowest BCUT2D eigenvalue weighted by Crippen LogP contribution is -1.98. The Balaban J connectivity index is 1.31. The smallest absolute Gasteiger partial charge is 0.136 e. The monoisotopic (exact) mass is 572 g/mol. The summed E-state index contributed by atoms with van der Waals surface area (Å²) in [4.78, 5) is 0. The normalized spacial score (nSPS) is 12.4. The van der Waals surface area contributed by atoms with Gasteiger partial charge in [-0.05, 0) is 42.0 Å². The Morgan fingerprint density at radius 3 is 1.80 bits per heavy atom. The fraction of sp³-hybridized carbons (Fsp3) is 0. The van der Waals surface area contributed by atoms with Crippen molar-refractivity contribution in [2.45, 2.75) is 0 Å². The summed E-state index contributed by atoms with van der Waals surface area (Å²) < 4.78 is 11.3. The van der Waals surface area contributed by atoms with E-state index in [9.17, 15) is 0 Å². The van der Waals surface area contributed by atoms with Gasteiger partial charge in [0, 0.05) is 48.7 Å². The van der Waals surface area contributed by atoms with Crippen molar-refractivity contribution in [3.8, 4) is 16.8 Å². The van der Waals surface area contributed by atoms with Crippen LogP contribution in [-0.4, -0.2) is 8.97 Å². The first-order valence-corrected chi connectivity index (χ1v) is 15.5. The number of furan rings is 1. The molecule has 11 aromatic rings. The highest BCUT2D eigenvalue weighted by Gasteiger charge is 2.23. The van der Waals surface area contributed by atoms with E-state index >= 15 is 0 Å². The lowest BCUT2D eigenvalue weighted by atomic mass is 10.0. The maximum atomic E-state index is 6.35. The Morgan fingerprint density at radius 2 is 0.956 bits per heavy atom. The molecule has 0 aliphatic carbocycles. The summed E-state index contributed by atoms with van der Waals surface area (Å²) in [5.74, 6) is 0. The van der Waals surface area contributed by atoms with E-state index in [4.69, 9.17) is 4.42 Å². The second kappa shape index (κ2) is 8.31. The van der Waals surface area contributed by atoms with Crippen molar-refractivity contribution in [3.05, 3.63) is 146 Å². The quantitative estimate of drug-likeness (QED) is 0.202. The van der Waals surface area contributed by atoms with Gasteiger partial charge in [0.25, 0.3) is 0 Å². The first-order chi connectivity index (χ1) is 22.3. The van der Waals surface area contributed by atoms with E-state index in [1.165, 1.54) is 71.2 Å². The minimum absolute atomic E-state index is 0.908. The highest BCUT2D eigenvalue weighted by molar-refractivity contribution is 6.25. The van der Waals surface area contributed by atoms with Crippen LogP contribution in [0.15, 0.2) is 150 Å². The number of para-hydroxylation sites is 6. The van der Waals surface area contributed by atoms with Crippen LogP contribution < -0.4 is 0 Å². The molecule has 0 N–H and O–H groups in total. The van der Waals surface area contributed by atoms with Gasteiger partial charge in [-0.3, -0.25) is 0 Å². The molecule has 0 bridgehead atoms. The number of hydrogen-bond donors (Lipinski definition) is 0.